The Hall–Kier alpha value is -0.590. The number of hydrogen-bond donors (Lipinski definition) is 0. The first kappa shape index (κ1) is 14.5. The number of ketones is 1. The largest absolute Gasteiger partial charge is 0.300 e. The number of carbonyl (C=O) groups is 1. The van der Waals surface area contributed by atoms with Gasteiger partial charge in [0, 0.05) is 12.8 Å². The molecule has 0 aromatic carbocycles. The zero-order valence-corrected chi connectivity index (χ0v) is 12.0. The van der Waals surface area contributed by atoms with Gasteiger partial charge in [0.2, 0.25) is 0 Å². The van der Waals surface area contributed by atoms with Gasteiger partial charge < -0.3 is 0 Å². The molecule has 2 aliphatic carbocycles. The lowest BCUT2D eigenvalue weighted by molar-refractivity contribution is -0.126. The molecule has 2 atom stereocenters. The Morgan fingerprint density at radius 1 is 1.29 bits per heavy atom. The Labute approximate surface area is 107 Å². The highest BCUT2D eigenvalue weighted by atomic mass is 16.1. The second-order valence-corrected chi connectivity index (χ2v) is 6.22. The fourth-order valence-electron chi connectivity index (χ4n) is 3.07. The van der Waals surface area contributed by atoms with Gasteiger partial charge in [0.05, 0.1) is 0 Å². The second kappa shape index (κ2) is 6.37. The zero-order chi connectivity index (χ0) is 12.9. The summed E-state index contributed by atoms with van der Waals surface area (Å²) >= 11 is 0. The highest BCUT2D eigenvalue weighted by Gasteiger charge is 2.40. The Morgan fingerprint density at radius 3 is 2.53 bits per heavy atom. The third-order valence-electron chi connectivity index (χ3n) is 4.49. The molecule has 1 heteroatoms. The van der Waals surface area contributed by atoms with Crippen LogP contribution in [0.4, 0.5) is 0 Å². The molecule has 0 radical (unpaired) electrons. The van der Waals surface area contributed by atoms with Crippen LogP contribution in [-0.4, -0.2) is 5.78 Å². The number of carbonyl (C=O) groups excluding carboxylic acids is 1. The smallest absolute Gasteiger partial charge is 0.133 e. The third-order valence-corrected chi connectivity index (χ3v) is 4.49. The normalized spacial score (nSPS) is 32.0. The lowest BCUT2D eigenvalue weighted by Gasteiger charge is -2.44. The van der Waals surface area contributed by atoms with Crippen molar-refractivity contribution in [1.82, 2.24) is 0 Å². The van der Waals surface area contributed by atoms with Crippen molar-refractivity contribution in [1.29, 1.82) is 0 Å². The van der Waals surface area contributed by atoms with Gasteiger partial charge in [-0.15, -0.1) is 0 Å². The monoisotopic (exact) mass is 236 g/mol. The lowest BCUT2D eigenvalue weighted by Crippen LogP contribution is -2.37. The summed E-state index contributed by atoms with van der Waals surface area (Å²) in [6.07, 6.45) is 10.4. The molecular weight excluding hydrogens is 208 g/mol. The molecule has 2 aliphatic rings. The van der Waals surface area contributed by atoms with Crippen molar-refractivity contribution >= 4 is 5.78 Å². The summed E-state index contributed by atoms with van der Waals surface area (Å²) in [7, 11) is 0. The van der Waals surface area contributed by atoms with Crippen LogP contribution in [0, 0.1) is 11.3 Å². The van der Waals surface area contributed by atoms with Gasteiger partial charge in [0.25, 0.3) is 0 Å². The number of hydrogen-bond acceptors (Lipinski definition) is 1. The Morgan fingerprint density at radius 2 is 1.94 bits per heavy atom. The van der Waals surface area contributed by atoms with Crippen LogP contribution < -0.4 is 0 Å². The minimum atomic E-state index is 0.396. The summed E-state index contributed by atoms with van der Waals surface area (Å²) in [6, 6.07) is 0. The van der Waals surface area contributed by atoms with Crippen LogP contribution in [0.3, 0.4) is 0 Å². The van der Waals surface area contributed by atoms with Gasteiger partial charge in [-0.25, -0.2) is 0 Å². The van der Waals surface area contributed by atoms with Gasteiger partial charge in [0.15, 0.2) is 0 Å². The summed E-state index contributed by atoms with van der Waals surface area (Å²) < 4.78 is 0. The summed E-state index contributed by atoms with van der Waals surface area (Å²) in [6.45, 7) is 8.53. The van der Waals surface area contributed by atoms with Gasteiger partial charge >= 0.3 is 0 Å². The van der Waals surface area contributed by atoms with E-state index in [0.29, 0.717) is 11.2 Å². The summed E-state index contributed by atoms with van der Waals surface area (Å²) in [5.74, 6) is 1.37. The SMILES string of the molecule is CC12CCCCC1CCC(=O)C2.CC=C(C)C. The van der Waals surface area contributed by atoms with Crippen molar-refractivity contribution in [2.24, 2.45) is 11.3 Å². The van der Waals surface area contributed by atoms with Crippen LogP contribution >= 0.6 is 0 Å². The lowest BCUT2D eigenvalue weighted by atomic mass is 9.60. The van der Waals surface area contributed by atoms with Crippen molar-refractivity contribution in [3.63, 3.8) is 0 Å². The topological polar surface area (TPSA) is 17.1 Å². The molecule has 2 saturated carbocycles. The van der Waals surface area contributed by atoms with E-state index in [9.17, 15) is 4.79 Å². The van der Waals surface area contributed by atoms with Gasteiger partial charge in [-0.05, 0) is 51.4 Å². The van der Waals surface area contributed by atoms with Crippen molar-refractivity contribution in [3.05, 3.63) is 11.6 Å². The van der Waals surface area contributed by atoms with E-state index in [0.717, 1.165) is 18.8 Å². The van der Waals surface area contributed by atoms with Crippen LogP contribution in [0.2, 0.25) is 0 Å². The standard InChI is InChI=1S/C11H18O.C5H10/c1-11-7-3-2-4-9(11)5-6-10(12)8-11;1-4-5(2)3/h9H,2-8H2,1H3;4H,1-3H3. The molecule has 0 N–H and O–H groups in total. The first-order chi connectivity index (χ1) is 7.98. The predicted molar refractivity (Wildman–Crippen MR) is 74.0 cm³/mol. The van der Waals surface area contributed by atoms with Crippen molar-refractivity contribution in [3.8, 4) is 0 Å². The van der Waals surface area contributed by atoms with Crippen LogP contribution in [0.1, 0.15) is 72.6 Å². The molecule has 2 unspecified atom stereocenters. The minimum absolute atomic E-state index is 0.396. The first-order valence-corrected chi connectivity index (χ1v) is 7.09. The van der Waals surface area contributed by atoms with Gasteiger partial charge in [0.1, 0.15) is 5.78 Å². The summed E-state index contributed by atoms with van der Waals surface area (Å²) in [5.41, 5.74) is 1.78. The summed E-state index contributed by atoms with van der Waals surface area (Å²) in [4.78, 5) is 11.3. The number of allylic oxidation sites excluding steroid dienone is 2. The second-order valence-electron chi connectivity index (χ2n) is 6.22. The van der Waals surface area contributed by atoms with Crippen LogP contribution in [0.25, 0.3) is 0 Å². The molecule has 0 saturated heterocycles. The Bertz CT molecular complexity index is 286. The van der Waals surface area contributed by atoms with Gasteiger partial charge in [-0.1, -0.05) is 31.4 Å². The molecule has 0 aliphatic heterocycles. The number of Topliss-reactive ketones (excluding diaryl/α,β-unsaturated/α-hetero) is 1. The minimum Gasteiger partial charge on any atom is -0.300 e. The molecule has 2 fully saturated rings. The highest BCUT2D eigenvalue weighted by Crippen LogP contribution is 2.48. The quantitative estimate of drug-likeness (QED) is 0.546. The van der Waals surface area contributed by atoms with E-state index < -0.39 is 0 Å². The van der Waals surface area contributed by atoms with Crippen LogP contribution in [-0.2, 0) is 4.79 Å². The zero-order valence-electron chi connectivity index (χ0n) is 12.0. The van der Waals surface area contributed by atoms with Crippen LogP contribution in [0.15, 0.2) is 11.6 Å². The molecule has 0 amide bonds. The van der Waals surface area contributed by atoms with Crippen LogP contribution in [0.5, 0.6) is 0 Å². The maximum absolute atomic E-state index is 11.3. The van der Waals surface area contributed by atoms with E-state index in [1.807, 2.05) is 6.92 Å². The molecule has 98 valence electrons. The van der Waals surface area contributed by atoms with E-state index in [1.165, 1.54) is 37.7 Å². The fraction of sp³-hybridized carbons (Fsp3) is 0.812. The molecule has 0 heterocycles. The predicted octanol–water partition coefficient (Wildman–Crippen LogP) is 4.91. The molecule has 0 bridgehead atoms. The number of fused-ring (bicyclic) bond motifs is 1. The van der Waals surface area contributed by atoms with Gasteiger partial charge in [-0.2, -0.15) is 0 Å². The van der Waals surface area contributed by atoms with Crippen molar-refractivity contribution in [2.45, 2.75) is 72.6 Å². The average Bonchev–Trinajstić information content (AvgIpc) is 2.28. The van der Waals surface area contributed by atoms with E-state index in [2.05, 4.69) is 26.8 Å². The molecular formula is C16H28O. The molecule has 1 nitrogen and oxygen atoms in total. The molecule has 0 spiro atoms. The van der Waals surface area contributed by atoms with E-state index in [-0.39, 0.29) is 0 Å². The number of rotatable bonds is 0. The molecule has 0 aromatic heterocycles. The van der Waals surface area contributed by atoms with E-state index in [1.54, 1.807) is 0 Å². The Kier molecular flexibility index (Phi) is 5.42. The highest BCUT2D eigenvalue weighted by molar-refractivity contribution is 5.80. The van der Waals surface area contributed by atoms with E-state index in [4.69, 9.17) is 0 Å². The Balaban J connectivity index is 0.000000249. The average molecular weight is 236 g/mol. The molecule has 2 rings (SSSR count). The first-order valence-electron chi connectivity index (χ1n) is 7.09. The van der Waals surface area contributed by atoms with E-state index >= 15 is 0 Å². The maximum Gasteiger partial charge on any atom is 0.133 e. The third kappa shape index (κ3) is 4.29. The molecule has 0 aromatic rings. The molecule has 17 heavy (non-hydrogen) atoms. The maximum atomic E-state index is 11.3. The van der Waals surface area contributed by atoms with Crippen molar-refractivity contribution < 1.29 is 4.79 Å². The fourth-order valence-corrected chi connectivity index (χ4v) is 3.07. The van der Waals surface area contributed by atoms with Crippen molar-refractivity contribution in [2.75, 3.05) is 0 Å². The summed E-state index contributed by atoms with van der Waals surface area (Å²) in [5, 5.41) is 0. The van der Waals surface area contributed by atoms with Gasteiger partial charge in [-0.3, -0.25) is 4.79 Å².